The van der Waals surface area contributed by atoms with Crippen LogP contribution in [-0.2, 0) is 21.8 Å². The van der Waals surface area contributed by atoms with Gasteiger partial charge in [0.25, 0.3) is 0 Å². The van der Waals surface area contributed by atoms with Gasteiger partial charge in [-0.1, -0.05) is 13.8 Å². The molecule has 1 atom stereocenters. The van der Waals surface area contributed by atoms with Gasteiger partial charge < -0.3 is 4.74 Å². The van der Waals surface area contributed by atoms with E-state index in [4.69, 9.17) is 9.84 Å². The van der Waals surface area contributed by atoms with Crippen molar-refractivity contribution in [2.45, 2.75) is 39.2 Å². The average molecular weight is 382 g/mol. The number of nitrogens with zero attached hydrogens (tertiary/aromatic N) is 2. The zero-order chi connectivity index (χ0) is 17.2. The number of methoxy groups -OCH3 is 1. The van der Waals surface area contributed by atoms with E-state index in [-0.39, 0.29) is 17.1 Å². The zero-order valence-corrected chi connectivity index (χ0v) is 16.6. The number of hydrazone groups is 1. The van der Waals surface area contributed by atoms with Crippen molar-refractivity contribution in [1.29, 1.82) is 0 Å². The molecule has 0 spiro atoms. The van der Waals surface area contributed by atoms with E-state index in [0.29, 0.717) is 12.0 Å². The van der Waals surface area contributed by atoms with Gasteiger partial charge in [0.1, 0.15) is 0 Å². The fourth-order valence-electron chi connectivity index (χ4n) is 2.96. The molecule has 2 aliphatic carbocycles. The zero-order valence-electron chi connectivity index (χ0n) is 15.5. The van der Waals surface area contributed by atoms with E-state index >= 15 is 0 Å². The first-order chi connectivity index (χ1) is 11.7. The summed E-state index contributed by atoms with van der Waals surface area (Å²) in [7, 11) is 1.77. The first-order valence-corrected chi connectivity index (χ1v) is 8.92. The molecule has 3 aliphatic rings. The van der Waals surface area contributed by atoms with Gasteiger partial charge in [-0.05, 0) is 83.0 Å². The summed E-state index contributed by atoms with van der Waals surface area (Å²) in [5, 5.41) is 7.16. The molecule has 25 heavy (non-hydrogen) atoms. The van der Waals surface area contributed by atoms with Gasteiger partial charge in [-0.2, -0.15) is 5.10 Å². The van der Waals surface area contributed by atoms with Crippen molar-refractivity contribution in [3.63, 3.8) is 0 Å². The van der Waals surface area contributed by atoms with Crippen LogP contribution >= 0.6 is 0 Å². The van der Waals surface area contributed by atoms with Crippen LogP contribution in [0, 0.1) is 69.6 Å². The van der Waals surface area contributed by atoms with Gasteiger partial charge in [0.15, 0.2) is 0 Å². The van der Waals surface area contributed by atoms with Crippen LogP contribution in [0.25, 0.3) is 0 Å². The summed E-state index contributed by atoms with van der Waals surface area (Å²) >= 11 is 0. The second kappa shape index (κ2) is 13.2. The van der Waals surface area contributed by atoms with E-state index in [1.54, 1.807) is 7.11 Å². The summed E-state index contributed by atoms with van der Waals surface area (Å²) in [6.45, 7) is 6.32. The molecule has 0 aromatic heterocycles. The fraction of sp³-hybridized carbons (Fsp3) is 0.476. The molecule has 1 aliphatic heterocycles. The molecule has 3 nitrogen and oxygen atoms in total. The van der Waals surface area contributed by atoms with Crippen molar-refractivity contribution in [2.24, 2.45) is 11.0 Å². The van der Waals surface area contributed by atoms with E-state index in [1.165, 1.54) is 24.5 Å². The van der Waals surface area contributed by atoms with Crippen LogP contribution in [0.2, 0.25) is 0 Å². The Morgan fingerprint density at radius 2 is 1.72 bits per heavy atom. The summed E-state index contributed by atoms with van der Waals surface area (Å²) in [6.07, 6.45) is 21.9. The Balaban J connectivity index is 0.000000448. The van der Waals surface area contributed by atoms with Crippen LogP contribution in [0.4, 0.5) is 0 Å². The summed E-state index contributed by atoms with van der Waals surface area (Å²) in [6, 6.07) is 0.446. The molecule has 0 aromatic rings. The fourth-order valence-corrected chi connectivity index (χ4v) is 2.96. The quantitative estimate of drug-likeness (QED) is 0.514. The van der Waals surface area contributed by atoms with Crippen LogP contribution < -0.4 is 0 Å². The molecule has 3 fully saturated rings. The molecule has 4 heteroatoms. The molecule has 0 N–H and O–H groups in total. The van der Waals surface area contributed by atoms with Crippen molar-refractivity contribution in [3.05, 3.63) is 63.7 Å². The molecule has 0 aromatic carbocycles. The molecule has 3 rings (SSSR count). The second-order valence-corrected chi connectivity index (χ2v) is 6.69. The summed E-state index contributed by atoms with van der Waals surface area (Å²) in [5.41, 5.74) is 1.21. The molecular weight excluding hydrogens is 352 g/mol. The van der Waals surface area contributed by atoms with Crippen LogP contribution in [0.1, 0.15) is 33.1 Å². The maximum atomic E-state index is 5.30. The largest absolute Gasteiger partial charge is 2.00 e. The minimum Gasteiger partial charge on any atom is -0.382 e. The Hall–Kier alpha value is -0.0505. The maximum Gasteiger partial charge on any atom is 2.00 e. The van der Waals surface area contributed by atoms with Gasteiger partial charge in [0, 0.05) is 25.3 Å². The van der Waals surface area contributed by atoms with Crippen molar-refractivity contribution in [1.82, 2.24) is 5.01 Å². The molecule has 0 bridgehead atoms. The minimum absolute atomic E-state index is 0. The Bertz CT molecular complexity index is 355. The summed E-state index contributed by atoms with van der Waals surface area (Å²) in [4.78, 5) is 0. The standard InChI is InChI=1S/C16H25N2O.C5H5.Fe/c1-13(2)11-16(14-7-4-5-8-14)17-18-10-6-9-15(18)12-19-3;1-2-4-5-3-1;/h4-5,7-8,13,15H,6,9-12H2,1-3H3;1-5H;/q;;+2/b17-16+;;/t15-;;/m0../s1. The van der Waals surface area contributed by atoms with Crippen LogP contribution in [0.5, 0.6) is 0 Å². The molecule has 136 valence electrons. The molecular formula is C21H30FeN2O+2. The van der Waals surface area contributed by atoms with E-state index in [1.807, 2.05) is 32.1 Å². The van der Waals surface area contributed by atoms with Crippen LogP contribution in [-0.4, -0.2) is 37.0 Å². The number of rotatable bonds is 6. The van der Waals surface area contributed by atoms with Gasteiger partial charge in [0.05, 0.1) is 12.6 Å². The Morgan fingerprint density at radius 1 is 1.12 bits per heavy atom. The van der Waals surface area contributed by atoms with Gasteiger partial charge in [-0.15, -0.1) is 0 Å². The summed E-state index contributed by atoms with van der Waals surface area (Å²) < 4.78 is 5.30. The van der Waals surface area contributed by atoms with E-state index in [0.717, 1.165) is 19.6 Å². The summed E-state index contributed by atoms with van der Waals surface area (Å²) in [5.74, 6) is 1.88. The number of hydrogen-bond acceptors (Lipinski definition) is 3. The SMILES string of the molecule is COC[C@@H]1CCCN1/N=C(\CC(C)C)[C]1[CH][CH][CH][CH]1.[CH]1[CH][CH][CH][CH]1.[Fe+2]. The smallest absolute Gasteiger partial charge is 0.382 e. The Morgan fingerprint density at radius 3 is 2.24 bits per heavy atom. The van der Waals surface area contributed by atoms with E-state index < -0.39 is 0 Å². The van der Waals surface area contributed by atoms with Crippen molar-refractivity contribution < 1.29 is 21.8 Å². The molecule has 10 radical (unpaired) electrons. The Labute approximate surface area is 166 Å². The topological polar surface area (TPSA) is 24.8 Å². The predicted octanol–water partition coefficient (Wildman–Crippen LogP) is 3.92. The number of hydrogen-bond donors (Lipinski definition) is 0. The maximum absolute atomic E-state index is 5.30. The van der Waals surface area contributed by atoms with Crippen LogP contribution in [0.3, 0.4) is 0 Å². The first kappa shape index (κ1) is 23.0. The van der Waals surface area contributed by atoms with Crippen LogP contribution in [0.15, 0.2) is 5.10 Å². The predicted molar refractivity (Wildman–Crippen MR) is 100 cm³/mol. The third kappa shape index (κ3) is 8.45. The van der Waals surface area contributed by atoms with Gasteiger partial charge >= 0.3 is 17.1 Å². The van der Waals surface area contributed by atoms with Crippen molar-refractivity contribution in [2.75, 3.05) is 20.3 Å². The minimum atomic E-state index is 0. The first-order valence-electron chi connectivity index (χ1n) is 8.92. The monoisotopic (exact) mass is 382 g/mol. The molecule has 2 saturated carbocycles. The van der Waals surface area contributed by atoms with Crippen molar-refractivity contribution >= 4 is 5.71 Å². The Kier molecular flexibility index (Phi) is 12.1. The van der Waals surface area contributed by atoms with E-state index in [2.05, 4.69) is 44.5 Å². The van der Waals surface area contributed by atoms with Gasteiger partial charge in [-0.25, -0.2) is 0 Å². The van der Waals surface area contributed by atoms with Crippen molar-refractivity contribution in [3.8, 4) is 0 Å². The third-order valence-corrected chi connectivity index (χ3v) is 4.11. The number of ether oxygens (including phenoxy) is 1. The molecule has 0 unspecified atom stereocenters. The molecule has 1 heterocycles. The molecule has 1 saturated heterocycles. The average Bonchev–Trinajstić information content (AvgIpc) is 3.32. The molecule has 0 amide bonds. The van der Waals surface area contributed by atoms with Gasteiger partial charge in [0.2, 0.25) is 0 Å². The second-order valence-electron chi connectivity index (χ2n) is 6.69. The van der Waals surface area contributed by atoms with E-state index in [9.17, 15) is 0 Å². The van der Waals surface area contributed by atoms with Gasteiger partial charge in [-0.3, -0.25) is 5.01 Å². The normalized spacial score (nSPS) is 24.4. The third-order valence-electron chi connectivity index (χ3n) is 4.11.